The van der Waals surface area contributed by atoms with E-state index in [1.54, 1.807) is 18.3 Å². The molecule has 1 aliphatic rings. The molecule has 0 N–H and O–H groups in total. The molecule has 1 amide bonds. The van der Waals surface area contributed by atoms with Crippen molar-refractivity contribution in [2.75, 3.05) is 31.1 Å². The van der Waals surface area contributed by atoms with Crippen molar-refractivity contribution in [3.8, 4) is 0 Å². The van der Waals surface area contributed by atoms with Crippen LogP contribution in [0.25, 0.3) is 10.9 Å². The van der Waals surface area contributed by atoms with Gasteiger partial charge in [0.25, 0.3) is 0 Å². The minimum atomic E-state index is 0.0271. The van der Waals surface area contributed by atoms with E-state index >= 15 is 0 Å². The first kappa shape index (κ1) is 20.9. The maximum atomic E-state index is 11.7. The first-order valence-electron chi connectivity index (χ1n) is 10.6. The van der Waals surface area contributed by atoms with E-state index in [1.165, 1.54) is 5.56 Å². The largest absolute Gasteiger partial charge is 0.367 e. The highest BCUT2D eigenvalue weighted by Gasteiger charge is 2.23. The Morgan fingerprint density at radius 2 is 1.72 bits per heavy atom. The minimum absolute atomic E-state index is 0.0271. The van der Waals surface area contributed by atoms with Gasteiger partial charge in [0, 0.05) is 67.0 Å². The van der Waals surface area contributed by atoms with Gasteiger partial charge in [0.05, 0.1) is 11.4 Å². The molecule has 1 saturated heterocycles. The number of hydrogen-bond donors (Lipinski definition) is 0. The number of carbonyl (C=O) groups is 1. The predicted octanol–water partition coefficient (Wildman–Crippen LogP) is 5.19. The summed E-state index contributed by atoms with van der Waals surface area (Å²) < 4.78 is 0. The van der Waals surface area contributed by atoms with Crippen LogP contribution in [0.3, 0.4) is 0 Å². The van der Waals surface area contributed by atoms with Gasteiger partial charge in [0.1, 0.15) is 5.01 Å². The summed E-state index contributed by atoms with van der Waals surface area (Å²) in [6.45, 7) is 4.75. The highest BCUT2D eigenvalue weighted by Crippen LogP contribution is 2.36. The van der Waals surface area contributed by atoms with Crippen LogP contribution in [0.4, 0.5) is 5.69 Å². The molecule has 7 heteroatoms. The highest BCUT2D eigenvalue weighted by atomic mass is 35.5. The maximum Gasteiger partial charge on any atom is 0.219 e. The van der Waals surface area contributed by atoms with E-state index < -0.39 is 0 Å². The molecule has 32 heavy (non-hydrogen) atoms. The quantitative estimate of drug-likeness (QED) is 0.418. The Hall–Kier alpha value is -2.96. The van der Waals surface area contributed by atoms with Crippen molar-refractivity contribution >= 4 is 45.4 Å². The molecule has 1 atom stereocenters. The zero-order valence-corrected chi connectivity index (χ0v) is 19.3. The molecule has 0 radical (unpaired) electrons. The van der Waals surface area contributed by atoms with Crippen molar-refractivity contribution < 1.29 is 4.79 Å². The summed E-state index contributed by atoms with van der Waals surface area (Å²) in [6.07, 6.45) is 3.72. The average Bonchev–Trinajstić information content (AvgIpc) is 3.34. The molecule has 5 nitrogen and oxygen atoms in total. The second-order valence-corrected chi connectivity index (χ2v) is 9.32. The van der Waals surface area contributed by atoms with Gasteiger partial charge in [-0.25, -0.2) is 4.98 Å². The van der Waals surface area contributed by atoms with Gasteiger partial charge in [-0.15, -0.1) is 11.3 Å². The van der Waals surface area contributed by atoms with E-state index in [2.05, 4.69) is 51.3 Å². The Morgan fingerprint density at radius 3 is 2.41 bits per heavy atom. The summed E-state index contributed by atoms with van der Waals surface area (Å²) >= 11 is 7.81. The fourth-order valence-electron chi connectivity index (χ4n) is 4.38. The van der Waals surface area contributed by atoms with Crippen molar-refractivity contribution in [1.29, 1.82) is 0 Å². The number of benzene rings is 2. The molecule has 5 rings (SSSR count). The van der Waals surface area contributed by atoms with Crippen LogP contribution in [0.15, 0.2) is 66.3 Å². The molecule has 0 spiro atoms. The lowest BCUT2D eigenvalue weighted by atomic mass is 9.90. The SMILES string of the molecule is CC(=O)N1CCN(c2ccnc3ccc(C(c4ccc(Cl)cc4)c4nccs4)cc23)CC1. The molecule has 2 aromatic carbocycles. The lowest BCUT2D eigenvalue weighted by Gasteiger charge is -2.36. The van der Waals surface area contributed by atoms with Gasteiger partial charge in [-0.05, 0) is 41.5 Å². The van der Waals surface area contributed by atoms with Crippen LogP contribution in [0.5, 0.6) is 0 Å². The van der Waals surface area contributed by atoms with Gasteiger partial charge in [0.2, 0.25) is 5.91 Å². The number of thiazole rings is 1. The smallest absolute Gasteiger partial charge is 0.219 e. The van der Waals surface area contributed by atoms with Gasteiger partial charge in [0.15, 0.2) is 0 Å². The number of carbonyl (C=O) groups excluding carboxylic acids is 1. The monoisotopic (exact) mass is 462 g/mol. The lowest BCUT2D eigenvalue weighted by molar-refractivity contribution is -0.129. The Labute approximate surface area is 196 Å². The number of hydrogen-bond acceptors (Lipinski definition) is 5. The van der Waals surface area contributed by atoms with Crippen LogP contribution in [-0.4, -0.2) is 47.0 Å². The lowest BCUT2D eigenvalue weighted by Crippen LogP contribution is -2.48. The zero-order chi connectivity index (χ0) is 22.1. The minimum Gasteiger partial charge on any atom is -0.367 e. The van der Waals surface area contributed by atoms with E-state index in [4.69, 9.17) is 11.6 Å². The van der Waals surface area contributed by atoms with Crippen molar-refractivity contribution in [1.82, 2.24) is 14.9 Å². The number of fused-ring (bicyclic) bond motifs is 1. The maximum absolute atomic E-state index is 11.7. The van der Waals surface area contributed by atoms with Gasteiger partial charge < -0.3 is 9.80 Å². The first-order valence-corrected chi connectivity index (χ1v) is 11.9. The second-order valence-electron chi connectivity index (χ2n) is 7.95. The first-order chi connectivity index (χ1) is 15.6. The van der Waals surface area contributed by atoms with Gasteiger partial charge in [-0.3, -0.25) is 9.78 Å². The third-order valence-corrected chi connectivity index (χ3v) is 7.14. The highest BCUT2D eigenvalue weighted by molar-refractivity contribution is 7.09. The second kappa shape index (κ2) is 8.88. The Bertz CT molecular complexity index is 1230. The molecule has 1 fully saturated rings. The topological polar surface area (TPSA) is 49.3 Å². The Morgan fingerprint density at radius 1 is 0.969 bits per heavy atom. The summed E-state index contributed by atoms with van der Waals surface area (Å²) in [6, 6.07) is 16.6. The van der Waals surface area contributed by atoms with Crippen molar-refractivity contribution in [2.45, 2.75) is 12.8 Å². The number of anilines is 1. The van der Waals surface area contributed by atoms with Crippen LogP contribution in [0, 0.1) is 0 Å². The van der Waals surface area contributed by atoms with Crippen LogP contribution in [-0.2, 0) is 4.79 Å². The number of pyridine rings is 1. The standard InChI is InChI=1S/C25H23ClN4OS/c1-17(31)29-11-13-30(14-12-29)23-8-9-27-22-7-4-19(16-21(22)23)24(25-28-10-15-32-25)18-2-5-20(26)6-3-18/h2-10,15-16,24H,11-14H2,1H3. The number of aromatic nitrogens is 2. The van der Waals surface area contributed by atoms with Crippen LogP contribution >= 0.6 is 22.9 Å². The van der Waals surface area contributed by atoms with Crippen LogP contribution in [0.1, 0.15) is 29.0 Å². The van der Waals surface area contributed by atoms with E-state index in [-0.39, 0.29) is 11.8 Å². The van der Waals surface area contributed by atoms with Crippen molar-refractivity contribution in [3.05, 3.63) is 87.5 Å². The molecule has 2 aromatic heterocycles. The third-order valence-electron chi connectivity index (χ3n) is 6.04. The average molecular weight is 463 g/mol. The third kappa shape index (κ3) is 4.08. The molecule has 0 bridgehead atoms. The van der Waals surface area contributed by atoms with Crippen LogP contribution in [0.2, 0.25) is 5.02 Å². The Balaban J connectivity index is 1.56. The summed E-state index contributed by atoms with van der Waals surface area (Å²) in [5, 5.41) is 4.91. The molecular weight excluding hydrogens is 440 g/mol. The molecule has 1 unspecified atom stereocenters. The fourth-order valence-corrected chi connectivity index (χ4v) is 5.29. The van der Waals surface area contributed by atoms with Gasteiger partial charge >= 0.3 is 0 Å². The molecule has 4 aromatic rings. The zero-order valence-electron chi connectivity index (χ0n) is 17.7. The number of amides is 1. The molecule has 3 heterocycles. The number of nitrogens with zero attached hydrogens (tertiary/aromatic N) is 4. The van der Waals surface area contributed by atoms with E-state index in [0.29, 0.717) is 0 Å². The Kier molecular flexibility index (Phi) is 5.81. The van der Waals surface area contributed by atoms with E-state index in [9.17, 15) is 4.79 Å². The molecular formula is C25H23ClN4OS. The molecule has 0 aliphatic carbocycles. The summed E-state index contributed by atoms with van der Waals surface area (Å²) in [5.74, 6) is 0.167. The fraction of sp³-hybridized carbons (Fsp3) is 0.240. The van der Waals surface area contributed by atoms with Crippen LogP contribution < -0.4 is 4.90 Å². The van der Waals surface area contributed by atoms with Gasteiger partial charge in [-0.1, -0.05) is 29.8 Å². The number of piperazine rings is 1. The van der Waals surface area contributed by atoms with E-state index in [1.807, 2.05) is 34.8 Å². The predicted molar refractivity (Wildman–Crippen MR) is 131 cm³/mol. The summed E-state index contributed by atoms with van der Waals surface area (Å²) in [4.78, 5) is 25.2. The normalized spacial score (nSPS) is 15.2. The van der Waals surface area contributed by atoms with Crippen molar-refractivity contribution in [2.24, 2.45) is 0 Å². The molecule has 0 saturated carbocycles. The van der Waals surface area contributed by atoms with Gasteiger partial charge in [-0.2, -0.15) is 0 Å². The van der Waals surface area contributed by atoms with E-state index in [0.717, 1.165) is 58.4 Å². The van der Waals surface area contributed by atoms with Crippen molar-refractivity contribution in [3.63, 3.8) is 0 Å². The molecule has 162 valence electrons. The summed E-state index contributed by atoms with van der Waals surface area (Å²) in [5.41, 5.74) is 4.46. The number of rotatable bonds is 4. The summed E-state index contributed by atoms with van der Waals surface area (Å²) in [7, 11) is 0. The molecule has 1 aliphatic heterocycles. The number of halogens is 1.